The number of pyridine rings is 1. The molecule has 20 heavy (non-hydrogen) atoms. The number of hydrogen-bond donors (Lipinski definition) is 2. The number of carbonyl (C=O) groups excluding carboxylic acids is 1. The minimum Gasteiger partial charge on any atom is -0.481 e. The van der Waals surface area contributed by atoms with E-state index in [1.807, 2.05) is 0 Å². The number of hydrogen-bond acceptors (Lipinski definition) is 3. The largest absolute Gasteiger partial charge is 0.481 e. The van der Waals surface area contributed by atoms with Gasteiger partial charge in [-0.15, -0.1) is 0 Å². The molecular weight excluding hydrogens is 280 g/mol. The number of halogens is 1. The average Bonchev–Trinajstić information content (AvgIpc) is 2.39. The van der Waals surface area contributed by atoms with Crippen LogP contribution < -0.4 is 5.32 Å². The summed E-state index contributed by atoms with van der Waals surface area (Å²) < 4.78 is 0. The Morgan fingerprint density at radius 2 is 2.00 bits per heavy atom. The second-order valence-electron chi connectivity index (χ2n) is 4.78. The van der Waals surface area contributed by atoms with Gasteiger partial charge in [-0.2, -0.15) is 0 Å². The highest BCUT2D eigenvalue weighted by molar-refractivity contribution is 6.33. The van der Waals surface area contributed by atoms with Crippen molar-refractivity contribution < 1.29 is 14.7 Å². The van der Waals surface area contributed by atoms with Gasteiger partial charge in [0.2, 0.25) is 0 Å². The summed E-state index contributed by atoms with van der Waals surface area (Å²) in [5, 5.41) is 12.3. The lowest BCUT2D eigenvalue weighted by Crippen LogP contribution is -2.42. The third kappa shape index (κ3) is 3.48. The van der Waals surface area contributed by atoms with Gasteiger partial charge in [-0.25, -0.2) is 0 Å². The van der Waals surface area contributed by atoms with Crippen molar-refractivity contribution in [3.05, 3.63) is 28.5 Å². The van der Waals surface area contributed by atoms with Gasteiger partial charge < -0.3 is 10.4 Å². The summed E-state index contributed by atoms with van der Waals surface area (Å²) in [5.74, 6) is -1.31. The number of amides is 1. The van der Waals surface area contributed by atoms with Crippen molar-refractivity contribution in [2.75, 3.05) is 6.54 Å². The molecule has 110 valence electrons. The lowest BCUT2D eigenvalue weighted by atomic mass is 9.82. The molecular formula is C14H19ClN2O3. The van der Waals surface area contributed by atoms with Gasteiger partial charge in [0.05, 0.1) is 16.0 Å². The molecule has 0 fully saturated rings. The van der Waals surface area contributed by atoms with Crippen molar-refractivity contribution in [1.29, 1.82) is 0 Å². The normalized spacial score (nSPS) is 11.2. The topological polar surface area (TPSA) is 79.3 Å². The highest BCUT2D eigenvalue weighted by atomic mass is 35.5. The molecule has 1 aromatic heterocycles. The van der Waals surface area contributed by atoms with Crippen molar-refractivity contribution >= 4 is 23.5 Å². The number of carbonyl (C=O) groups is 2. The minimum absolute atomic E-state index is 0.0678. The Morgan fingerprint density at radius 3 is 2.45 bits per heavy atom. The predicted molar refractivity (Wildman–Crippen MR) is 77.0 cm³/mol. The smallest absolute Gasteiger partial charge is 0.311 e. The van der Waals surface area contributed by atoms with Crippen molar-refractivity contribution in [2.45, 2.75) is 33.6 Å². The lowest BCUT2D eigenvalue weighted by Gasteiger charge is -2.26. The van der Waals surface area contributed by atoms with Crippen LogP contribution >= 0.6 is 11.6 Å². The molecule has 0 saturated heterocycles. The number of aliphatic carboxylic acids is 1. The van der Waals surface area contributed by atoms with E-state index < -0.39 is 17.3 Å². The molecule has 0 bridgehead atoms. The molecule has 1 rings (SSSR count). The number of aryl methyl sites for hydroxylation is 1. The van der Waals surface area contributed by atoms with Crippen molar-refractivity contribution in [1.82, 2.24) is 10.3 Å². The van der Waals surface area contributed by atoms with Crippen LogP contribution in [0.3, 0.4) is 0 Å². The van der Waals surface area contributed by atoms with E-state index in [1.54, 1.807) is 26.8 Å². The highest BCUT2D eigenvalue weighted by Gasteiger charge is 2.35. The number of nitrogens with zero attached hydrogens (tertiary/aromatic N) is 1. The van der Waals surface area contributed by atoms with Crippen molar-refractivity contribution in [2.24, 2.45) is 5.41 Å². The maximum absolute atomic E-state index is 12.0. The van der Waals surface area contributed by atoms with Gasteiger partial charge >= 0.3 is 5.97 Å². The number of nitrogens with one attached hydrogen (secondary N) is 1. The van der Waals surface area contributed by atoms with Crippen LogP contribution in [0.5, 0.6) is 0 Å². The van der Waals surface area contributed by atoms with Crippen LogP contribution in [-0.4, -0.2) is 28.5 Å². The highest BCUT2D eigenvalue weighted by Crippen LogP contribution is 2.26. The predicted octanol–water partition coefficient (Wildman–Crippen LogP) is 2.66. The van der Waals surface area contributed by atoms with Gasteiger partial charge in [0.1, 0.15) is 0 Å². The summed E-state index contributed by atoms with van der Waals surface area (Å²) in [6, 6.07) is 1.60. The van der Waals surface area contributed by atoms with Crippen molar-refractivity contribution in [3.63, 3.8) is 0 Å². The minimum atomic E-state index is -0.944. The Morgan fingerprint density at radius 1 is 1.40 bits per heavy atom. The van der Waals surface area contributed by atoms with E-state index in [-0.39, 0.29) is 12.1 Å². The van der Waals surface area contributed by atoms with Gasteiger partial charge in [0.15, 0.2) is 0 Å². The second kappa shape index (κ2) is 6.70. The Kier molecular flexibility index (Phi) is 5.51. The number of aromatic nitrogens is 1. The molecule has 0 spiro atoms. The Hall–Kier alpha value is -1.62. The number of rotatable bonds is 6. The fourth-order valence-corrected chi connectivity index (χ4v) is 2.21. The first-order chi connectivity index (χ1) is 9.36. The van der Waals surface area contributed by atoms with E-state index in [4.69, 9.17) is 11.6 Å². The van der Waals surface area contributed by atoms with E-state index >= 15 is 0 Å². The molecule has 0 saturated carbocycles. The maximum atomic E-state index is 12.0. The first-order valence-corrected chi connectivity index (χ1v) is 6.88. The molecule has 0 unspecified atom stereocenters. The van der Waals surface area contributed by atoms with Gasteiger partial charge in [0, 0.05) is 18.4 Å². The van der Waals surface area contributed by atoms with E-state index in [9.17, 15) is 14.7 Å². The van der Waals surface area contributed by atoms with Crippen LogP contribution in [0.25, 0.3) is 0 Å². The lowest BCUT2D eigenvalue weighted by molar-refractivity contribution is -0.149. The maximum Gasteiger partial charge on any atom is 0.311 e. The Bertz CT molecular complexity index is 513. The summed E-state index contributed by atoms with van der Waals surface area (Å²) >= 11 is 5.99. The molecule has 0 aliphatic heterocycles. The van der Waals surface area contributed by atoms with Crippen LogP contribution in [0.1, 0.15) is 42.7 Å². The van der Waals surface area contributed by atoms with Crippen LogP contribution in [0.15, 0.2) is 12.3 Å². The third-order valence-electron chi connectivity index (χ3n) is 3.63. The molecule has 0 radical (unpaired) electrons. The molecule has 1 aromatic rings. The van der Waals surface area contributed by atoms with Gasteiger partial charge in [0.25, 0.3) is 5.91 Å². The fourth-order valence-electron chi connectivity index (χ4n) is 1.92. The molecule has 6 heteroatoms. The molecule has 2 N–H and O–H groups in total. The SMILES string of the molecule is CCC(CC)(CNC(=O)c1cnc(C)cc1Cl)C(=O)O. The van der Waals surface area contributed by atoms with Crippen LogP contribution in [0, 0.1) is 12.3 Å². The Labute approximate surface area is 123 Å². The summed E-state index contributed by atoms with van der Waals surface area (Å²) in [4.78, 5) is 27.4. The van der Waals surface area contributed by atoms with Gasteiger partial charge in [-0.05, 0) is 25.8 Å². The second-order valence-corrected chi connectivity index (χ2v) is 5.19. The van der Waals surface area contributed by atoms with Gasteiger partial charge in [-0.1, -0.05) is 25.4 Å². The van der Waals surface area contributed by atoms with E-state index in [1.165, 1.54) is 6.20 Å². The molecule has 0 aromatic carbocycles. The van der Waals surface area contributed by atoms with E-state index in [0.717, 1.165) is 0 Å². The molecule has 0 atom stereocenters. The van der Waals surface area contributed by atoms with Crippen LogP contribution in [-0.2, 0) is 4.79 Å². The summed E-state index contributed by atoms with van der Waals surface area (Å²) in [7, 11) is 0. The monoisotopic (exact) mass is 298 g/mol. The average molecular weight is 299 g/mol. The zero-order valence-corrected chi connectivity index (χ0v) is 12.6. The molecule has 1 amide bonds. The van der Waals surface area contributed by atoms with E-state index in [2.05, 4.69) is 10.3 Å². The fraction of sp³-hybridized carbons (Fsp3) is 0.500. The van der Waals surface area contributed by atoms with Gasteiger partial charge in [-0.3, -0.25) is 14.6 Å². The summed E-state index contributed by atoms with van der Waals surface area (Å²) in [6.07, 6.45) is 2.28. The standard InChI is InChI=1S/C14H19ClN2O3/c1-4-14(5-2,13(19)20)8-17-12(18)10-7-16-9(3)6-11(10)15/h6-7H,4-5,8H2,1-3H3,(H,17,18)(H,19,20). The molecule has 1 heterocycles. The van der Waals surface area contributed by atoms with Crippen LogP contribution in [0.4, 0.5) is 0 Å². The number of carboxylic acids is 1. The molecule has 5 nitrogen and oxygen atoms in total. The zero-order valence-electron chi connectivity index (χ0n) is 11.9. The molecule has 0 aliphatic rings. The number of carboxylic acid groups (broad SMARTS) is 1. The van der Waals surface area contributed by atoms with E-state index in [0.29, 0.717) is 23.6 Å². The third-order valence-corrected chi connectivity index (χ3v) is 3.94. The Balaban J connectivity index is 2.83. The quantitative estimate of drug-likeness (QED) is 0.846. The van der Waals surface area contributed by atoms with Crippen LogP contribution in [0.2, 0.25) is 5.02 Å². The first-order valence-electron chi connectivity index (χ1n) is 6.50. The zero-order chi connectivity index (χ0) is 15.3. The summed E-state index contributed by atoms with van der Waals surface area (Å²) in [5.41, 5.74) is 0.0255. The van der Waals surface area contributed by atoms with Crippen molar-refractivity contribution in [3.8, 4) is 0 Å². The molecule has 0 aliphatic carbocycles. The first kappa shape index (κ1) is 16.4. The summed E-state index contributed by atoms with van der Waals surface area (Å²) in [6.45, 7) is 5.43.